The van der Waals surface area contributed by atoms with Crippen LogP contribution in [-0.4, -0.2) is 9.97 Å². The van der Waals surface area contributed by atoms with Crippen LogP contribution < -0.4 is 0 Å². The van der Waals surface area contributed by atoms with Gasteiger partial charge in [-0.1, -0.05) is 104 Å². The first kappa shape index (κ1) is 30.1. The first-order valence-electron chi connectivity index (χ1n) is 14.3. The van der Waals surface area contributed by atoms with Crippen LogP contribution in [0.15, 0.2) is 132 Å². The van der Waals surface area contributed by atoms with E-state index in [1.54, 1.807) is 0 Å². The number of fused-ring (bicyclic) bond motifs is 3. The third-order valence-electron chi connectivity index (χ3n) is 7.61. The maximum absolute atomic E-state index is 6.07. The molecule has 0 aliphatic rings. The van der Waals surface area contributed by atoms with Gasteiger partial charge in [0.1, 0.15) is 5.58 Å². The average molecular weight is 737 g/mol. The Balaban J connectivity index is 0.000000168. The van der Waals surface area contributed by atoms with Gasteiger partial charge in [-0.15, -0.1) is 53.6 Å². The quantitative estimate of drug-likeness (QED) is 0.165. The van der Waals surface area contributed by atoms with Gasteiger partial charge in [0.25, 0.3) is 0 Å². The smallest absolute Gasteiger partial charge is 0.120 e. The summed E-state index contributed by atoms with van der Waals surface area (Å²) < 4.78 is 6.07. The predicted molar refractivity (Wildman–Crippen MR) is 172 cm³/mol. The normalized spacial score (nSPS) is 11.5. The van der Waals surface area contributed by atoms with E-state index < -0.39 is 0 Å². The molecule has 7 rings (SSSR count). The van der Waals surface area contributed by atoms with Crippen molar-refractivity contribution in [2.45, 2.75) is 32.6 Å². The topological polar surface area (TPSA) is 38.9 Å². The van der Waals surface area contributed by atoms with E-state index in [2.05, 4.69) is 104 Å². The SMILES string of the molecule is CC(C)c1ccnc(-c2[c-]ccc3c2oc2ccccc23)c1.CC(c1ccccc1)c1cc[c-]c(-c2ccccn2)c1.[Ir]. The van der Waals surface area contributed by atoms with Crippen LogP contribution in [0.25, 0.3) is 44.5 Å². The van der Waals surface area contributed by atoms with Gasteiger partial charge in [0, 0.05) is 37.9 Å². The second-order valence-corrected chi connectivity index (χ2v) is 10.7. The van der Waals surface area contributed by atoms with Crippen molar-refractivity contribution in [3.8, 4) is 22.5 Å². The van der Waals surface area contributed by atoms with Crippen LogP contribution in [-0.2, 0) is 20.1 Å². The van der Waals surface area contributed by atoms with Crippen LogP contribution >= 0.6 is 0 Å². The van der Waals surface area contributed by atoms with Crippen molar-refractivity contribution < 1.29 is 24.5 Å². The molecule has 3 aromatic heterocycles. The molecule has 7 aromatic rings. The number of nitrogens with zero attached hydrogens (tertiary/aromatic N) is 2. The summed E-state index contributed by atoms with van der Waals surface area (Å²) in [6.45, 7) is 6.60. The van der Waals surface area contributed by atoms with E-state index in [-0.39, 0.29) is 20.1 Å². The van der Waals surface area contributed by atoms with Gasteiger partial charge in [-0.2, -0.15) is 0 Å². The molecule has 0 bridgehead atoms. The maximum Gasteiger partial charge on any atom is 0.120 e. The first-order valence-corrected chi connectivity index (χ1v) is 14.3. The first-order chi connectivity index (χ1) is 20.6. The monoisotopic (exact) mass is 737 g/mol. The molecule has 0 saturated heterocycles. The molecule has 0 N–H and O–H groups in total. The molecule has 0 aliphatic carbocycles. The molecular weight excluding hydrogens is 705 g/mol. The van der Waals surface area contributed by atoms with Crippen LogP contribution in [0.1, 0.15) is 49.3 Å². The Labute approximate surface area is 267 Å². The number of para-hydroxylation sites is 1. The Morgan fingerprint density at radius 3 is 2.14 bits per heavy atom. The minimum Gasteiger partial charge on any atom is -0.501 e. The fraction of sp³-hybridized carbons (Fsp3) is 0.128. The fourth-order valence-corrected chi connectivity index (χ4v) is 5.18. The second-order valence-electron chi connectivity index (χ2n) is 10.7. The Hall–Kier alpha value is -4.37. The van der Waals surface area contributed by atoms with Crippen LogP contribution in [0.4, 0.5) is 0 Å². The van der Waals surface area contributed by atoms with E-state index in [4.69, 9.17) is 4.42 Å². The standard InChI is InChI=1S/C20H16NO.C19H16N.Ir/c1-13(2)14-10-11-21-18(12-14)17-8-5-7-16-15-6-3-4-9-19(15)22-20(16)17;1-15(16-8-3-2-4-9-16)17-10-7-11-18(14-17)19-12-5-6-13-20-19;/h3-7,9-13H,1-2H3;2-10,12-15H,1H3;/q2*-1;. The average Bonchev–Trinajstić information content (AvgIpc) is 3.45. The van der Waals surface area contributed by atoms with Gasteiger partial charge in [0.05, 0.1) is 5.58 Å². The summed E-state index contributed by atoms with van der Waals surface area (Å²) in [5.41, 5.74) is 9.50. The van der Waals surface area contributed by atoms with Crippen LogP contribution in [0.2, 0.25) is 0 Å². The van der Waals surface area contributed by atoms with E-state index in [1.807, 2.05) is 67.0 Å². The molecule has 0 amide bonds. The largest absolute Gasteiger partial charge is 0.501 e. The Kier molecular flexibility index (Phi) is 9.61. The molecule has 0 saturated carbocycles. The molecule has 0 aliphatic heterocycles. The zero-order valence-corrected chi connectivity index (χ0v) is 26.8. The van der Waals surface area contributed by atoms with Crippen molar-refractivity contribution >= 4 is 21.9 Å². The van der Waals surface area contributed by atoms with Crippen LogP contribution in [0.5, 0.6) is 0 Å². The van der Waals surface area contributed by atoms with Gasteiger partial charge in [-0.25, -0.2) is 0 Å². The number of hydrogen-bond acceptors (Lipinski definition) is 3. The van der Waals surface area contributed by atoms with Crippen molar-refractivity contribution in [2.75, 3.05) is 0 Å². The molecule has 43 heavy (non-hydrogen) atoms. The summed E-state index contributed by atoms with van der Waals surface area (Å²) >= 11 is 0. The van der Waals surface area contributed by atoms with Crippen molar-refractivity contribution in [2.24, 2.45) is 0 Å². The van der Waals surface area contributed by atoms with Gasteiger partial charge in [0.2, 0.25) is 0 Å². The van der Waals surface area contributed by atoms with Crippen molar-refractivity contribution in [1.82, 2.24) is 9.97 Å². The van der Waals surface area contributed by atoms with Gasteiger partial charge in [-0.05, 0) is 47.0 Å². The Bertz CT molecular complexity index is 1930. The third kappa shape index (κ3) is 6.67. The zero-order chi connectivity index (χ0) is 28.9. The van der Waals surface area contributed by atoms with Gasteiger partial charge in [0.15, 0.2) is 0 Å². The third-order valence-corrected chi connectivity index (χ3v) is 7.61. The van der Waals surface area contributed by atoms with E-state index in [0.717, 1.165) is 44.5 Å². The van der Waals surface area contributed by atoms with E-state index in [9.17, 15) is 0 Å². The fourth-order valence-electron chi connectivity index (χ4n) is 5.18. The summed E-state index contributed by atoms with van der Waals surface area (Å²) in [4.78, 5) is 8.91. The van der Waals surface area contributed by atoms with Crippen LogP contribution in [0.3, 0.4) is 0 Å². The van der Waals surface area contributed by atoms with E-state index in [1.165, 1.54) is 16.7 Å². The molecular formula is C39H32IrN2O-2. The summed E-state index contributed by atoms with van der Waals surface area (Å²) in [7, 11) is 0. The Morgan fingerprint density at radius 2 is 1.35 bits per heavy atom. The van der Waals surface area contributed by atoms with Gasteiger partial charge < -0.3 is 14.4 Å². The van der Waals surface area contributed by atoms with Crippen molar-refractivity contribution in [3.05, 3.63) is 156 Å². The predicted octanol–water partition coefficient (Wildman–Crippen LogP) is 10.3. The molecule has 3 nitrogen and oxygen atoms in total. The van der Waals surface area contributed by atoms with Crippen LogP contribution in [0, 0.1) is 12.1 Å². The molecule has 4 aromatic carbocycles. The molecule has 0 spiro atoms. The maximum atomic E-state index is 6.07. The molecule has 1 radical (unpaired) electrons. The van der Waals surface area contributed by atoms with Gasteiger partial charge >= 0.3 is 0 Å². The minimum atomic E-state index is 0. The molecule has 1 atom stereocenters. The number of hydrogen-bond donors (Lipinski definition) is 0. The summed E-state index contributed by atoms with van der Waals surface area (Å²) in [5, 5.41) is 2.24. The van der Waals surface area contributed by atoms with Crippen molar-refractivity contribution in [3.63, 3.8) is 0 Å². The molecule has 215 valence electrons. The number of furan rings is 1. The molecule has 3 heterocycles. The number of aromatic nitrogens is 2. The van der Waals surface area contributed by atoms with E-state index >= 15 is 0 Å². The Morgan fingerprint density at radius 1 is 0.605 bits per heavy atom. The minimum absolute atomic E-state index is 0. The van der Waals surface area contributed by atoms with E-state index in [0.29, 0.717) is 11.8 Å². The summed E-state index contributed by atoms with van der Waals surface area (Å²) in [6, 6.07) is 45.7. The number of rotatable bonds is 5. The number of pyridine rings is 2. The van der Waals surface area contributed by atoms with Crippen molar-refractivity contribution in [1.29, 1.82) is 0 Å². The van der Waals surface area contributed by atoms with Gasteiger partial charge in [-0.3, -0.25) is 0 Å². The number of benzene rings is 4. The molecule has 1 unspecified atom stereocenters. The zero-order valence-electron chi connectivity index (χ0n) is 24.4. The second kappa shape index (κ2) is 13.7. The summed E-state index contributed by atoms with van der Waals surface area (Å²) in [6.07, 6.45) is 3.68. The molecule has 0 fully saturated rings. The summed E-state index contributed by atoms with van der Waals surface area (Å²) in [5.74, 6) is 0.838. The molecule has 4 heteroatoms.